The zero-order valence-electron chi connectivity index (χ0n) is 16.2. The highest BCUT2D eigenvalue weighted by Crippen LogP contribution is 2.03. The summed E-state index contributed by atoms with van der Waals surface area (Å²) in [6, 6.07) is -5.21. The first-order valence-corrected chi connectivity index (χ1v) is 9.33. The van der Waals surface area contributed by atoms with Gasteiger partial charge >= 0.3 is 5.97 Å². The fourth-order valence-electron chi connectivity index (χ4n) is 2.05. The summed E-state index contributed by atoms with van der Waals surface area (Å²) in [5.41, 5.74) is 5.71. The van der Waals surface area contributed by atoms with Crippen molar-refractivity contribution >= 4 is 36.3 Å². The normalized spacial score (nSPS) is 17.6. The van der Waals surface area contributed by atoms with Crippen LogP contribution >= 0.6 is 12.6 Å². The molecule has 0 bridgehead atoms. The van der Waals surface area contributed by atoms with Crippen molar-refractivity contribution in [3.63, 3.8) is 0 Å². The molecule has 0 aliphatic rings. The number of carbonyl (C=O) groups is 4. The molecule has 28 heavy (non-hydrogen) atoms. The largest absolute Gasteiger partial charge is 0.480 e. The van der Waals surface area contributed by atoms with Crippen LogP contribution in [0.1, 0.15) is 27.7 Å². The van der Waals surface area contributed by atoms with E-state index in [1.807, 2.05) is 0 Å². The molecule has 6 unspecified atom stereocenters. The molecule has 0 aliphatic heterocycles. The summed E-state index contributed by atoms with van der Waals surface area (Å²) in [6.07, 6.45) is -2.72. The summed E-state index contributed by atoms with van der Waals surface area (Å²) in [5, 5.41) is 35.3. The Hall–Kier alpha value is -1.89. The van der Waals surface area contributed by atoms with Gasteiger partial charge in [-0.15, -0.1) is 0 Å². The molecule has 11 nitrogen and oxygen atoms in total. The van der Waals surface area contributed by atoms with Crippen LogP contribution in [0.3, 0.4) is 0 Å². The van der Waals surface area contributed by atoms with Crippen molar-refractivity contribution in [1.29, 1.82) is 0 Å². The predicted molar refractivity (Wildman–Crippen MR) is 103 cm³/mol. The predicted octanol–water partition coefficient (Wildman–Crippen LogP) is -2.80. The van der Waals surface area contributed by atoms with Gasteiger partial charge in [-0.25, -0.2) is 4.79 Å². The molecule has 0 heterocycles. The third-order valence-corrected chi connectivity index (χ3v) is 4.31. The smallest absolute Gasteiger partial charge is 0.327 e. The number of carboxylic acids is 1. The topological polar surface area (TPSA) is 191 Å². The summed E-state index contributed by atoms with van der Waals surface area (Å²) in [6.45, 7) is 5.88. The van der Waals surface area contributed by atoms with Gasteiger partial charge in [0.05, 0.1) is 18.2 Å². The van der Waals surface area contributed by atoms with E-state index < -0.39 is 60.1 Å². The van der Waals surface area contributed by atoms with Crippen molar-refractivity contribution in [2.45, 2.75) is 64.1 Å². The second kappa shape index (κ2) is 11.8. The minimum absolute atomic E-state index is 0.207. The number of hydrogen-bond donors (Lipinski definition) is 8. The summed E-state index contributed by atoms with van der Waals surface area (Å²) in [5.74, 6) is -4.34. The molecule has 0 saturated heterocycles. The van der Waals surface area contributed by atoms with Crippen molar-refractivity contribution in [2.75, 3.05) is 5.75 Å². The first kappa shape index (κ1) is 26.1. The number of amides is 3. The zero-order chi connectivity index (χ0) is 22.2. The highest BCUT2D eigenvalue weighted by Gasteiger charge is 2.34. The molecule has 6 atom stereocenters. The van der Waals surface area contributed by atoms with Crippen LogP contribution in [0.2, 0.25) is 0 Å². The molecule has 0 radical (unpaired) electrons. The van der Waals surface area contributed by atoms with Crippen LogP contribution in [-0.2, 0) is 19.2 Å². The van der Waals surface area contributed by atoms with Crippen molar-refractivity contribution < 1.29 is 34.5 Å². The van der Waals surface area contributed by atoms with Crippen molar-refractivity contribution in [1.82, 2.24) is 16.0 Å². The molecule has 0 aromatic heterocycles. The molecule has 0 rings (SSSR count). The second-order valence-corrected chi connectivity index (χ2v) is 7.17. The SMILES string of the molecule is CC(C)C(N)C(=O)NC(C(=O)NC(C(=O)NC(CS)C(=O)O)C(C)O)C(C)O. The quantitative estimate of drug-likeness (QED) is 0.164. The number of aliphatic carboxylic acids is 1. The first-order chi connectivity index (χ1) is 12.8. The summed E-state index contributed by atoms with van der Waals surface area (Å²) < 4.78 is 0. The van der Waals surface area contributed by atoms with Crippen LogP contribution in [0.5, 0.6) is 0 Å². The van der Waals surface area contributed by atoms with Crippen molar-refractivity contribution in [2.24, 2.45) is 11.7 Å². The molecule has 162 valence electrons. The summed E-state index contributed by atoms with van der Waals surface area (Å²) in [7, 11) is 0. The molecule has 3 amide bonds. The van der Waals surface area contributed by atoms with Crippen LogP contribution in [-0.4, -0.2) is 81.1 Å². The molecule has 12 heteroatoms. The lowest BCUT2D eigenvalue weighted by Crippen LogP contribution is -2.62. The van der Waals surface area contributed by atoms with E-state index in [4.69, 9.17) is 10.8 Å². The maximum absolute atomic E-state index is 12.5. The van der Waals surface area contributed by atoms with Gasteiger partial charge in [-0.1, -0.05) is 13.8 Å². The number of rotatable bonds is 11. The number of hydrogen-bond acceptors (Lipinski definition) is 8. The Morgan fingerprint density at radius 1 is 0.857 bits per heavy atom. The van der Waals surface area contributed by atoms with E-state index in [0.717, 1.165) is 0 Å². The Labute approximate surface area is 168 Å². The molecule has 0 spiro atoms. The third-order valence-electron chi connectivity index (χ3n) is 3.94. The third kappa shape index (κ3) is 8.00. The van der Waals surface area contributed by atoms with Crippen LogP contribution in [0.25, 0.3) is 0 Å². The van der Waals surface area contributed by atoms with E-state index in [-0.39, 0.29) is 11.7 Å². The molecule has 0 aromatic rings. The van der Waals surface area contributed by atoms with Gasteiger partial charge in [-0.3, -0.25) is 14.4 Å². The van der Waals surface area contributed by atoms with Gasteiger partial charge in [0.2, 0.25) is 17.7 Å². The fraction of sp³-hybridized carbons (Fsp3) is 0.750. The molecule has 0 aromatic carbocycles. The number of thiol groups is 1. The van der Waals surface area contributed by atoms with Gasteiger partial charge < -0.3 is 37.0 Å². The lowest BCUT2D eigenvalue weighted by atomic mass is 10.0. The minimum atomic E-state index is -1.52. The molecule has 8 N–H and O–H groups in total. The van der Waals surface area contributed by atoms with E-state index in [0.29, 0.717) is 0 Å². The number of aliphatic hydroxyl groups is 2. The Morgan fingerprint density at radius 3 is 1.57 bits per heavy atom. The van der Waals surface area contributed by atoms with Crippen LogP contribution < -0.4 is 21.7 Å². The Bertz CT molecular complexity index is 571. The van der Waals surface area contributed by atoms with E-state index >= 15 is 0 Å². The number of nitrogens with one attached hydrogen (secondary N) is 3. The number of carbonyl (C=O) groups excluding carboxylic acids is 3. The first-order valence-electron chi connectivity index (χ1n) is 8.69. The molecule has 0 fully saturated rings. The second-order valence-electron chi connectivity index (χ2n) is 6.81. The standard InChI is InChI=1S/C16H30N4O7S/c1-6(2)10(17)13(23)19-12(8(4)22)15(25)20-11(7(3)21)14(24)18-9(5-28)16(26)27/h6-12,21-22,28H,5,17H2,1-4H3,(H,18,24)(H,19,23)(H,20,25)(H,26,27). The lowest BCUT2D eigenvalue weighted by Gasteiger charge is -2.27. The van der Waals surface area contributed by atoms with Gasteiger partial charge in [0.25, 0.3) is 0 Å². The Balaban J connectivity index is 5.29. The van der Waals surface area contributed by atoms with Gasteiger partial charge in [0.1, 0.15) is 18.1 Å². The highest BCUT2D eigenvalue weighted by atomic mass is 32.1. The van der Waals surface area contributed by atoms with Crippen molar-refractivity contribution in [3.8, 4) is 0 Å². The van der Waals surface area contributed by atoms with Crippen LogP contribution in [0.4, 0.5) is 0 Å². The maximum Gasteiger partial charge on any atom is 0.327 e. The monoisotopic (exact) mass is 422 g/mol. The molecule has 0 aliphatic carbocycles. The molecular formula is C16H30N4O7S. The fourth-order valence-corrected chi connectivity index (χ4v) is 2.30. The lowest BCUT2D eigenvalue weighted by molar-refractivity contribution is -0.142. The number of nitrogens with two attached hydrogens (primary N) is 1. The van der Waals surface area contributed by atoms with Gasteiger partial charge in [-0.05, 0) is 19.8 Å². The van der Waals surface area contributed by atoms with Gasteiger partial charge in [0.15, 0.2) is 0 Å². The Morgan fingerprint density at radius 2 is 1.25 bits per heavy atom. The highest BCUT2D eigenvalue weighted by molar-refractivity contribution is 7.80. The van der Waals surface area contributed by atoms with E-state index in [9.17, 15) is 29.4 Å². The average molecular weight is 423 g/mol. The summed E-state index contributed by atoms with van der Waals surface area (Å²) >= 11 is 3.81. The van der Waals surface area contributed by atoms with Crippen LogP contribution in [0, 0.1) is 5.92 Å². The molecular weight excluding hydrogens is 392 g/mol. The molecule has 0 saturated carbocycles. The van der Waals surface area contributed by atoms with E-state index in [1.165, 1.54) is 13.8 Å². The van der Waals surface area contributed by atoms with Gasteiger partial charge in [-0.2, -0.15) is 12.6 Å². The number of carboxylic acid groups (broad SMARTS) is 1. The average Bonchev–Trinajstić information content (AvgIpc) is 2.59. The van der Waals surface area contributed by atoms with E-state index in [1.54, 1.807) is 13.8 Å². The maximum atomic E-state index is 12.5. The minimum Gasteiger partial charge on any atom is -0.480 e. The van der Waals surface area contributed by atoms with Crippen molar-refractivity contribution in [3.05, 3.63) is 0 Å². The number of aliphatic hydroxyl groups excluding tert-OH is 2. The summed E-state index contributed by atoms with van der Waals surface area (Å²) in [4.78, 5) is 47.8. The Kier molecular flexibility index (Phi) is 11.0. The van der Waals surface area contributed by atoms with Crippen LogP contribution in [0.15, 0.2) is 0 Å². The van der Waals surface area contributed by atoms with E-state index in [2.05, 4.69) is 28.6 Å². The zero-order valence-corrected chi connectivity index (χ0v) is 17.1. The van der Waals surface area contributed by atoms with Gasteiger partial charge in [0, 0.05) is 5.75 Å².